The van der Waals surface area contributed by atoms with Crippen LogP contribution >= 0.6 is 0 Å². The molecule has 32 heavy (non-hydrogen) atoms. The summed E-state index contributed by atoms with van der Waals surface area (Å²) in [5.74, 6) is 0.170. The predicted octanol–water partition coefficient (Wildman–Crippen LogP) is 2.71. The Kier molecular flexibility index (Phi) is 5.13. The van der Waals surface area contributed by atoms with Gasteiger partial charge < -0.3 is 14.0 Å². The first-order chi connectivity index (χ1) is 15.3. The number of nitrogens with zero attached hydrogens (tertiary/aromatic N) is 4. The Balaban J connectivity index is 1.51. The number of hydrogen-bond donors (Lipinski definition) is 0. The van der Waals surface area contributed by atoms with Crippen molar-refractivity contribution < 1.29 is 22.3 Å². The quantitative estimate of drug-likeness (QED) is 0.584. The molecule has 0 saturated carbocycles. The van der Waals surface area contributed by atoms with Gasteiger partial charge in [0.2, 0.25) is 5.88 Å². The number of aromatic nitrogens is 3. The van der Waals surface area contributed by atoms with Gasteiger partial charge in [-0.3, -0.25) is 0 Å². The SMILES string of the molecule is Cc1cccc(OC[C@@H]2CN(S(=O)(=O)c3cn(C)cn3)[C@H]3c4cc(F)ccc4OC[C@@H]23)n1. The van der Waals surface area contributed by atoms with Gasteiger partial charge in [-0.15, -0.1) is 0 Å². The molecule has 3 atom stereocenters. The van der Waals surface area contributed by atoms with Crippen molar-refractivity contribution >= 4 is 10.0 Å². The molecule has 0 spiro atoms. The fourth-order valence-corrected chi connectivity index (χ4v) is 6.17. The number of pyridine rings is 1. The number of ether oxygens (including phenoxy) is 2. The third kappa shape index (κ3) is 3.63. The molecule has 1 fully saturated rings. The molecule has 8 nitrogen and oxygen atoms in total. The van der Waals surface area contributed by atoms with E-state index in [1.54, 1.807) is 23.7 Å². The van der Waals surface area contributed by atoms with Crippen molar-refractivity contribution in [3.05, 3.63) is 66.0 Å². The molecular weight excluding hydrogens is 435 g/mol. The highest BCUT2D eigenvalue weighted by Gasteiger charge is 2.51. The lowest BCUT2D eigenvalue weighted by Crippen LogP contribution is -2.35. The van der Waals surface area contributed by atoms with Gasteiger partial charge in [0.15, 0.2) is 5.03 Å². The average Bonchev–Trinajstić information content (AvgIpc) is 3.37. The number of benzene rings is 1. The van der Waals surface area contributed by atoms with E-state index in [1.165, 1.54) is 29.0 Å². The van der Waals surface area contributed by atoms with Crippen molar-refractivity contribution in [3.8, 4) is 11.6 Å². The summed E-state index contributed by atoms with van der Waals surface area (Å²) in [5, 5.41) is -0.0369. The standard InChI is InChI=1S/C22H23FN4O4S/c1-14-4-3-5-20(25-14)31-11-15-9-27(32(28,29)21-10-26(2)13-24-21)22-17-8-16(23)6-7-19(17)30-12-18(15)22/h3-8,10,13,15,18,22H,9,11-12H2,1-2H3/t15-,18-,22-/m0/s1. The fraction of sp³-hybridized carbons (Fsp3) is 0.364. The molecule has 3 aromatic rings. The Morgan fingerprint density at radius 1 is 1.28 bits per heavy atom. The van der Waals surface area contributed by atoms with Crippen molar-refractivity contribution in [2.45, 2.75) is 18.0 Å². The minimum atomic E-state index is -3.91. The van der Waals surface area contributed by atoms with Gasteiger partial charge in [0.05, 0.1) is 25.6 Å². The molecule has 0 radical (unpaired) electrons. The molecule has 0 amide bonds. The van der Waals surface area contributed by atoms with Crippen LogP contribution in [0.2, 0.25) is 0 Å². The minimum absolute atomic E-state index is 0.0369. The number of sulfonamides is 1. The number of rotatable bonds is 5. The van der Waals surface area contributed by atoms with Crippen LogP contribution in [0.15, 0.2) is 53.9 Å². The number of hydrogen-bond acceptors (Lipinski definition) is 6. The Hall–Kier alpha value is -2.98. The largest absolute Gasteiger partial charge is 0.493 e. The van der Waals surface area contributed by atoms with Crippen LogP contribution in [0.3, 0.4) is 0 Å². The van der Waals surface area contributed by atoms with Gasteiger partial charge in [0, 0.05) is 48.9 Å². The van der Waals surface area contributed by atoms with E-state index in [1.807, 2.05) is 19.1 Å². The maximum Gasteiger partial charge on any atom is 0.262 e. The van der Waals surface area contributed by atoms with E-state index in [0.29, 0.717) is 23.8 Å². The maximum atomic E-state index is 14.1. The molecule has 4 heterocycles. The zero-order valence-electron chi connectivity index (χ0n) is 17.7. The van der Waals surface area contributed by atoms with Crippen molar-refractivity contribution in [1.29, 1.82) is 0 Å². The molecule has 2 aliphatic heterocycles. The Bertz CT molecular complexity index is 1260. The highest BCUT2D eigenvalue weighted by atomic mass is 32.2. The Labute approximate surface area is 185 Å². The molecule has 0 bridgehead atoms. The monoisotopic (exact) mass is 458 g/mol. The van der Waals surface area contributed by atoms with Crippen LogP contribution in [0.5, 0.6) is 11.6 Å². The molecule has 1 aromatic carbocycles. The molecule has 2 aromatic heterocycles. The smallest absolute Gasteiger partial charge is 0.262 e. The van der Waals surface area contributed by atoms with Crippen LogP contribution in [0.4, 0.5) is 4.39 Å². The van der Waals surface area contributed by atoms with Gasteiger partial charge in [-0.1, -0.05) is 6.07 Å². The molecule has 0 N–H and O–H groups in total. The summed E-state index contributed by atoms with van der Waals surface area (Å²) in [6, 6.07) is 9.15. The summed E-state index contributed by atoms with van der Waals surface area (Å²) in [6.45, 7) is 2.66. The average molecular weight is 459 g/mol. The second-order valence-electron chi connectivity index (χ2n) is 8.24. The van der Waals surface area contributed by atoms with Crippen LogP contribution in [0.25, 0.3) is 0 Å². The van der Waals surface area contributed by atoms with Gasteiger partial charge >= 0.3 is 0 Å². The van der Waals surface area contributed by atoms with Crippen LogP contribution in [0, 0.1) is 24.6 Å². The van der Waals surface area contributed by atoms with Gasteiger partial charge in [-0.25, -0.2) is 22.8 Å². The number of aryl methyl sites for hydroxylation is 2. The van der Waals surface area contributed by atoms with E-state index in [0.717, 1.165) is 5.69 Å². The highest BCUT2D eigenvalue weighted by Crippen LogP contribution is 2.49. The maximum absolute atomic E-state index is 14.1. The number of fused-ring (bicyclic) bond motifs is 3. The van der Waals surface area contributed by atoms with Gasteiger partial charge in [0.1, 0.15) is 11.6 Å². The van der Waals surface area contributed by atoms with Crippen LogP contribution in [-0.2, 0) is 17.1 Å². The third-order valence-electron chi connectivity index (χ3n) is 6.02. The molecule has 5 rings (SSSR count). The van der Waals surface area contributed by atoms with Crippen LogP contribution in [0.1, 0.15) is 17.3 Å². The van der Waals surface area contributed by atoms with E-state index in [2.05, 4.69) is 9.97 Å². The summed E-state index contributed by atoms with van der Waals surface area (Å²) in [4.78, 5) is 8.41. The summed E-state index contributed by atoms with van der Waals surface area (Å²) in [5.41, 5.74) is 1.36. The lowest BCUT2D eigenvalue weighted by Gasteiger charge is -2.33. The van der Waals surface area contributed by atoms with Crippen molar-refractivity contribution in [3.63, 3.8) is 0 Å². The fourth-order valence-electron chi connectivity index (χ4n) is 4.49. The first kappa shape index (κ1) is 20.9. The van der Waals surface area contributed by atoms with Crippen molar-refractivity contribution in [2.75, 3.05) is 19.8 Å². The summed E-state index contributed by atoms with van der Waals surface area (Å²) < 4.78 is 56.0. The molecular formula is C22H23FN4O4S. The summed E-state index contributed by atoms with van der Waals surface area (Å²) >= 11 is 0. The lowest BCUT2D eigenvalue weighted by atomic mass is 9.86. The van der Waals surface area contributed by atoms with Crippen LogP contribution < -0.4 is 9.47 Å². The van der Waals surface area contributed by atoms with Gasteiger partial charge in [0.25, 0.3) is 10.0 Å². The molecule has 1 saturated heterocycles. The topological polar surface area (TPSA) is 86.6 Å². The summed E-state index contributed by atoms with van der Waals surface area (Å²) in [7, 11) is -2.20. The number of halogens is 1. The zero-order chi connectivity index (χ0) is 22.5. The molecule has 0 unspecified atom stereocenters. The minimum Gasteiger partial charge on any atom is -0.493 e. The van der Waals surface area contributed by atoms with Crippen LogP contribution in [-0.4, -0.2) is 47.0 Å². The molecule has 0 aliphatic carbocycles. The first-order valence-electron chi connectivity index (χ1n) is 10.3. The normalized spacial score (nSPS) is 22.8. The van der Waals surface area contributed by atoms with E-state index in [-0.39, 0.29) is 30.0 Å². The van der Waals surface area contributed by atoms with Crippen molar-refractivity contribution in [2.24, 2.45) is 18.9 Å². The predicted molar refractivity (Wildman–Crippen MR) is 113 cm³/mol. The van der Waals surface area contributed by atoms with Gasteiger partial charge in [-0.2, -0.15) is 4.31 Å². The first-order valence-corrected chi connectivity index (χ1v) is 11.8. The van der Waals surface area contributed by atoms with E-state index in [9.17, 15) is 12.8 Å². The summed E-state index contributed by atoms with van der Waals surface area (Å²) in [6.07, 6.45) is 2.92. The highest BCUT2D eigenvalue weighted by molar-refractivity contribution is 7.89. The third-order valence-corrected chi connectivity index (χ3v) is 7.75. The van der Waals surface area contributed by atoms with Crippen molar-refractivity contribution in [1.82, 2.24) is 18.8 Å². The molecule has 2 aliphatic rings. The number of imidazole rings is 1. The molecule has 168 valence electrons. The second kappa shape index (κ2) is 7.86. The Morgan fingerprint density at radius 2 is 2.12 bits per heavy atom. The van der Waals surface area contributed by atoms with E-state index >= 15 is 0 Å². The van der Waals surface area contributed by atoms with Gasteiger partial charge in [-0.05, 0) is 31.2 Å². The molecule has 10 heteroatoms. The second-order valence-corrected chi connectivity index (χ2v) is 10.1. The van der Waals surface area contributed by atoms with E-state index < -0.39 is 21.9 Å². The van der Waals surface area contributed by atoms with E-state index in [4.69, 9.17) is 9.47 Å². The lowest BCUT2D eigenvalue weighted by molar-refractivity contribution is 0.134. The Morgan fingerprint density at radius 3 is 2.88 bits per heavy atom. The zero-order valence-corrected chi connectivity index (χ0v) is 18.5.